The van der Waals surface area contributed by atoms with Crippen molar-refractivity contribution in [3.05, 3.63) is 23.8 Å². The zero-order valence-corrected chi connectivity index (χ0v) is 11.7. The Kier molecular flexibility index (Phi) is 4.09. The van der Waals surface area contributed by atoms with Crippen LogP contribution in [-0.4, -0.2) is 47.2 Å². The quantitative estimate of drug-likeness (QED) is 0.817. The fraction of sp³-hybridized carbons (Fsp3) is 0.733. The lowest BCUT2D eigenvalue weighted by molar-refractivity contribution is 0.0237. The summed E-state index contributed by atoms with van der Waals surface area (Å²) in [6.45, 7) is 6.25. The second-order valence-electron chi connectivity index (χ2n) is 5.76. The number of piperidine rings is 1. The van der Waals surface area contributed by atoms with Crippen molar-refractivity contribution >= 4 is 0 Å². The molecule has 19 heavy (non-hydrogen) atoms. The minimum absolute atomic E-state index is 0.559. The van der Waals surface area contributed by atoms with Crippen LogP contribution in [-0.2, 0) is 4.74 Å². The maximum absolute atomic E-state index is 5.47. The molecular formula is C15H23N3O. The number of likely N-dealkylation sites (tertiary alicyclic amines) is 1. The van der Waals surface area contributed by atoms with Crippen molar-refractivity contribution in [1.29, 1.82) is 0 Å². The van der Waals surface area contributed by atoms with E-state index in [0.717, 1.165) is 25.5 Å². The molecule has 1 aromatic heterocycles. The zero-order valence-electron chi connectivity index (χ0n) is 11.7. The molecule has 4 heteroatoms. The van der Waals surface area contributed by atoms with Gasteiger partial charge in [-0.05, 0) is 39.2 Å². The van der Waals surface area contributed by atoms with Crippen LogP contribution in [0, 0.1) is 6.92 Å². The molecule has 4 nitrogen and oxygen atoms in total. The lowest BCUT2D eigenvalue weighted by Crippen LogP contribution is -2.44. The predicted octanol–water partition coefficient (Wildman–Crippen LogP) is 2.14. The molecule has 2 saturated heterocycles. The van der Waals surface area contributed by atoms with Gasteiger partial charge in [-0.3, -0.25) is 14.9 Å². The first-order chi connectivity index (χ1) is 9.33. The Labute approximate surface area is 115 Å². The summed E-state index contributed by atoms with van der Waals surface area (Å²) in [4.78, 5) is 11.6. The van der Waals surface area contributed by atoms with E-state index in [1.165, 1.54) is 37.9 Å². The van der Waals surface area contributed by atoms with Crippen LogP contribution >= 0.6 is 0 Å². The Morgan fingerprint density at radius 3 is 2.84 bits per heavy atom. The lowest BCUT2D eigenvalue weighted by Gasteiger charge is -2.39. The summed E-state index contributed by atoms with van der Waals surface area (Å²) in [7, 11) is 0. The largest absolute Gasteiger partial charge is 0.381 e. The average molecular weight is 261 g/mol. The van der Waals surface area contributed by atoms with Crippen molar-refractivity contribution in [3.63, 3.8) is 0 Å². The van der Waals surface area contributed by atoms with Gasteiger partial charge in [-0.1, -0.05) is 0 Å². The highest BCUT2D eigenvalue weighted by molar-refractivity contribution is 5.09. The van der Waals surface area contributed by atoms with Gasteiger partial charge in [0.2, 0.25) is 0 Å². The molecule has 1 aromatic rings. The highest BCUT2D eigenvalue weighted by atomic mass is 16.5. The third kappa shape index (κ3) is 3.12. The molecule has 0 saturated carbocycles. The average Bonchev–Trinajstić information content (AvgIpc) is 2.48. The molecule has 0 radical (unpaired) electrons. The van der Waals surface area contributed by atoms with Crippen LogP contribution in [0.3, 0.4) is 0 Å². The summed E-state index contributed by atoms with van der Waals surface area (Å²) in [6, 6.07) is 0.717. The summed E-state index contributed by atoms with van der Waals surface area (Å²) >= 11 is 0. The summed E-state index contributed by atoms with van der Waals surface area (Å²) < 4.78 is 5.47. The van der Waals surface area contributed by atoms with Gasteiger partial charge in [0.1, 0.15) is 0 Å². The van der Waals surface area contributed by atoms with Crippen molar-refractivity contribution in [2.45, 2.75) is 44.6 Å². The van der Waals surface area contributed by atoms with Crippen molar-refractivity contribution in [1.82, 2.24) is 14.9 Å². The Balaban J connectivity index is 1.67. The Hall–Kier alpha value is -1.00. The molecule has 0 spiro atoms. The number of hydrogen-bond donors (Lipinski definition) is 0. The van der Waals surface area contributed by atoms with Gasteiger partial charge >= 0.3 is 0 Å². The van der Waals surface area contributed by atoms with E-state index in [1.54, 1.807) is 0 Å². The Morgan fingerprint density at radius 2 is 2.05 bits per heavy atom. The minimum atomic E-state index is 0.559. The molecule has 3 rings (SSSR count). The van der Waals surface area contributed by atoms with Gasteiger partial charge in [0, 0.05) is 44.1 Å². The van der Waals surface area contributed by atoms with E-state index in [9.17, 15) is 0 Å². The second-order valence-corrected chi connectivity index (χ2v) is 5.76. The number of aromatic nitrogens is 2. The fourth-order valence-corrected chi connectivity index (χ4v) is 3.31. The van der Waals surface area contributed by atoms with E-state index < -0.39 is 0 Å². The predicted molar refractivity (Wildman–Crippen MR) is 74.2 cm³/mol. The number of aryl methyl sites for hydroxylation is 1. The van der Waals surface area contributed by atoms with E-state index in [4.69, 9.17) is 4.74 Å². The smallest absolute Gasteiger partial charge is 0.0633 e. The highest BCUT2D eigenvalue weighted by Gasteiger charge is 2.28. The maximum atomic E-state index is 5.47. The Morgan fingerprint density at radius 1 is 1.21 bits per heavy atom. The van der Waals surface area contributed by atoms with E-state index in [2.05, 4.69) is 14.9 Å². The molecule has 0 bridgehead atoms. The number of rotatable bonds is 2. The van der Waals surface area contributed by atoms with Gasteiger partial charge in [0.25, 0.3) is 0 Å². The highest BCUT2D eigenvalue weighted by Crippen LogP contribution is 2.28. The number of ether oxygens (including phenoxy) is 1. The normalized spacial score (nSPS) is 26.5. The third-order valence-electron chi connectivity index (χ3n) is 4.35. The van der Waals surface area contributed by atoms with E-state index >= 15 is 0 Å². The van der Waals surface area contributed by atoms with Crippen LogP contribution in [0.25, 0.3) is 0 Å². The van der Waals surface area contributed by atoms with Crippen LogP contribution < -0.4 is 0 Å². The molecule has 0 N–H and O–H groups in total. The van der Waals surface area contributed by atoms with Crippen LogP contribution in [0.15, 0.2) is 12.4 Å². The monoisotopic (exact) mass is 261 g/mol. The van der Waals surface area contributed by atoms with E-state index in [-0.39, 0.29) is 0 Å². The maximum Gasteiger partial charge on any atom is 0.0633 e. The van der Waals surface area contributed by atoms with Crippen molar-refractivity contribution in [3.8, 4) is 0 Å². The first kappa shape index (κ1) is 13.0. The summed E-state index contributed by atoms with van der Waals surface area (Å²) in [5.74, 6) is 0.559. The molecule has 0 unspecified atom stereocenters. The van der Waals surface area contributed by atoms with Gasteiger partial charge in [0.05, 0.1) is 11.4 Å². The topological polar surface area (TPSA) is 38.2 Å². The molecule has 104 valence electrons. The molecule has 2 aliphatic heterocycles. The number of nitrogens with zero attached hydrogens (tertiary/aromatic N) is 3. The van der Waals surface area contributed by atoms with Gasteiger partial charge in [-0.2, -0.15) is 0 Å². The van der Waals surface area contributed by atoms with Crippen LogP contribution in [0.1, 0.15) is 43.0 Å². The van der Waals surface area contributed by atoms with Gasteiger partial charge in [0.15, 0.2) is 0 Å². The van der Waals surface area contributed by atoms with Crippen molar-refractivity contribution < 1.29 is 4.74 Å². The SMILES string of the molecule is Cc1cncc([C@H]2CCCN(C3CCOCC3)C2)n1. The third-order valence-corrected chi connectivity index (χ3v) is 4.35. The molecule has 2 aliphatic rings. The zero-order chi connectivity index (χ0) is 13.1. The van der Waals surface area contributed by atoms with Gasteiger partial charge in [-0.15, -0.1) is 0 Å². The second kappa shape index (κ2) is 5.97. The summed E-state index contributed by atoms with van der Waals surface area (Å²) in [5.41, 5.74) is 2.21. The van der Waals surface area contributed by atoms with Crippen LogP contribution in [0.2, 0.25) is 0 Å². The minimum Gasteiger partial charge on any atom is -0.381 e. The number of hydrogen-bond acceptors (Lipinski definition) is 4. The van der Waals surface area contributed by atoms with Crippen molar-refractivity contribution in [2.24, 2.45) is 0 Å². The molecule has 1 atom stereocenters. The fourth-order valence-electron chi connectivity index (χ4n) is 3.31. The van der Waals surface area contributed by atoms with Crippen LogP contribution in [0.4, 0.5) is 0 Å². The first-order valence-electron chi connectivity index (χ1n) is 7.43. The first-order valence-corrected chi connectivity index (χ1v) is 7.43. The van der Waals surface area contributed by atoms with Gasteiger partial charge in [-0.25, -0.2) is 0 Å². The van der Waals surface area contributed by atoms with Gasteiger partial charge < -0.3 is 4.74 Å². The summed E-state index contributed by atoms with van der Waals surface area (Å²) in [5, 5.41) is 0. The standard InChI is InChI=1S/C15H23N3O/c1-12-9-16-10-15(17-12)13-3-2-6-18(11-13)14-4-7-19-8-5-14/h9-10,13-14H,2-8,11H2,1H3/t13-/m0/s1. The van der Waals surface area contributed by atoms with Crippen LogP contribution in [0.5, 0.6) is 0 Å². The molecule has 3 heterocycles. The molecular weight excluding hydrogens is 238 g/mol. The molecule has 0 amide bonds. The summed E-state index contributed by atoms with van der Waals surface area (Å²) in [6.07, 6.45) is 8.68. The molecule has 0 aromatic carbocycles. The van der Waals surface area contributed by atoms with E-state index in [1.807, 2.05) is 19.3 Å². The Bertz CT molecular complexity index is 418. The molecule has 2 fully saturated rings. The van der Waals surface area contributed by atoms with E-state index in [0.29, 0.717) is 12.0 Å². The molecule has 0 aliphatic carbocycles. The van der Waals surface area contributed by atoms with Crippen molar-refractivity contribution in [2.75, 3.05) is 26.3 Å². The lowest BCUT2D eigenvalue weighted by atomic mass is 9.92.